The van der Waals surface area contributed by atoms with E-state index in [1.54, 1.807) is 0 Å². The predicted molar refractivity (Wildman–Crippen MR) is 222 cm³/mol. The van der Waals surface area contributed by atoms with Crippen LogP contribution in [0, 0.1) is 17.3 Å². The van der Waals surface area contributed by atoms with Crippen LogP contribution in [-0.2, 0) is 4.79 Å². The van der Waals surface area contributed by atoms with Crippen molar-refractivity contribution >= 4 is 5.78 Å². The van der Waals surface area contributed by atoms with E-state index in [-0.39, 0.29) is 5.41 Å². The van der Waals surface area contributed by atoms with E-state index in [0.29, 0.717) is 18.2 Å². The second-order valence-corrected chi connectivity index (χ2v) is 16.9. The maximum absolute atomic E-state index is 13.3. The van der Waals surface area contributed by atoms with Gasteiger partial charge in [-0.2, -0.15) is 0 Å². The van der Waals surface area contributed by atoms with E-state index in [2.05, 4.69) is 58.0 Å². The SMILES string of the molecule is CCCCCCCCC(/C=C\C(=O)C(C)(C)CCCCCCN(CCCCCCC(C)CCCCCCC)CCNO)CCCCCCCC. The number of nitrogens with zero attached hydrogens (tertiary/aromatic N) is 1. The molecule has 298 valence electrons. The average molecular weight is 705 g/mol. The summed E-state index contributed by atoms with van der Waals surface area (Å²) in [6.07, 6.45) is 43.7. The lowest BCUT2D eigenvalue weighted by Crippen LogP contribution is -2.32. The molecule has 0 rings (SSSR count). The third kappa shape index (κ3) is 32.0. The normalized spacial score (nSPS) is 13.0. The number of hydrogen-bond donors (Lipinski definition) is 2. The van der Waals surface area contributed by atoms with E-state index in [0.717, 1.165) is 38.4 Å². The number of carbonyl (C=O) groups excluding carboxylic acids is 1. The van der Waals surface area contributed by atoms with Crippen LogP contribution in [0.3, 0.4) is 0 Å². The van der Waals surface area contributed by atoms with E-state index in [1.165, 1.54) is 180 Å². The number of unbranched alkanes of at least 4 members (excludes halogenated alkanes) is 20. The zero-order valence-electron chi connectivity index (χ0n) is 35.2. The zero-order chi connectivity index (χ0) is 37.0. The third-order valence-electron chi connectivity index (χ3n) is 11.3. The van der Waals surface area contributed by atoms with Gasteiger partial charge in [-0.25, -0.2) is 5.48 Å². The molecule has 1 unspecified atom stereocenters. The molecule has 0 aromatic heterocycles. The van der Waals surface area contributed by atoms with Crippen LogP contribution < -0.4 is 5.48 Å². The largest absolute Gasteiger partial charge is 0.317 e. The van der Waals surface area contributed by atoms with Crippen molar-refractivity contribution in [1.29, 1.82) is 0 Å². The number of carbonyl (C=O) groups is 1. The monoisotopic (exact) mass is 705 g/mol. The number of hydroxylamine groups is 1. The van der Waals surface area contributed by atoms with Crippen LogP contribution in [0.1, 0.15) is 234 Å². The zero-order valence-corrected chi connectivity index (χ0v) is 35.2. The first-order chi connectivity index (χ1) is 24.3. The molecule has 0 heterocycles. The van der Waals surface area contributed by atoms with Crippen molar-refractivity contribution in [3.8, 4) is 0 Å². The molecule has 0 saturated carbocycles. The summed E-state index contributed by atoms with van der Waals surface area (Å²) in [5.41, 5.74) is 2.09. The summed E-state index contributed by atoms with van der Waals surface area (Å²) in [4.78, 5) is 15.9. The molecule has 0 bridgehead atoms. The minimum atomic E-state index is -0.271. The molecule has 50 heavy (non-hydrogen) atoms. The highest BCUT2D eigenvalue weighted by atomic mass is 16.5. The topological polar surface area (TPSA) is 52.6 Å². The van der Waals surface area contributed by atoms with Crippen LogP contribution in [0.25, 0.3) is 0 Å². The summed E-state index contributed by atoms with van der Waals surface area (Å²) in [7, 11) is 0. The van der Waals surface area contributed by atoms with Crippen LogP contribution in [-0.4, -0.2) is 42.1 Å². The number of nitrogens with one attached hydrogen (secondary N) is 1. The highest BCUT2D eigenvalue weighted by molar-refractivity contribution is 5.94. The first-order valence-electron chi connectivity index (χ1n) is 22.6. The summed E-state index contributed by atoms with van der Waals surface area (Å²) in [5.74, 6) is 1.78. The van der Waals surface area contributed by atoms with Gasteiger partial charge in [0.15, 0.2) is 5.78 Å². The Labute approximate surface area is 315 Å². The first kappa shape index (κ1) is 49.3. The Bertz CT molecular complexity index is 720. The van der Waals surface area contributed by atoms with Gasteiger partial charge in [0.25, 0.3) is 0 Å². The number of rotatable bonds is 40. The molecular formula is C46H92N2O2. The molecule has 0 radical (unpaired) electrons. The molecule has 4 heteroatoms. The third-order valence-corrected chi connectivity index (χ3v) is 11.3. The first-order valence-corrected chi connectivity index (χ1v) is 22.6. The quantitative estimate of drug-likeness (QED) is 0.0379. The van der Waals surface area contributed by atoms with Gasteiger partial charge in [-0.1, -0.05) is 208 Å². The Kier molecular flexibility index (Phi) is 36.1. The smallest absolute Gasteiger partial charge is 0.160 e. The Hall–Kier alpha value is -0.710. The van der Waals surface area contributed by atoms with E-state index in [4.69, 9.17) is 0 Å². The second kappa shape index (κ2) is 36.6. The Morgan fingerprint density at radius 2 is 0.980 bits per heavy atom. The van der Waals surface area contributed by atoms with Crippen LogP contribution >= 0.6 is 0 Å². The van der Waals surface area contributed by atoms with Crippen LogP contribution in [0.5, 0.6) is 0 Å². The standard InChI is InChI=1S/C46H92N2O2/c1-7-10-13-16-19-27-34-44(35-28-20-17-14-11-8-2)36-37-45(49)46(5,6)38-29-22-24-31-41-48(42-39-47-50)40-30-23-21-26-33-43(4)32-25-18-15-12-9-3/h36-37,43-44,47,50H,7-35,38-42H2,1-6H3/b37-36-. The fraction of sp³-hybridized carbons (Fsp3) is 0.935. The molecule has 0 saturated heterocycles. The molecule has 0 aromatic rings. The van der Waals surface area contributed by atoms with Crippen molar-refractivity contribution in [2.75, 3.05) is 26.2 Å². The lowest BCUT2D eigenvalue weighted by molar-refractivity contribution is -0.122. The minimum Gasteiger partial charge on any atom is -0.317 e. The maximum Gasteiger partial charge on any atom is 0.160 e. The minimum absolute atomic E-state index is 0.271. The molecule has 2 N–H and O–H groups in total. The molecule has 4 nitrogen and oxygen atoms in total. The molecule has 0 amide bonds. The van der Waals surface area contributed by atoms with Gasteiger partial charge >= 0.3 is 0 Å². The number of hydrogen-bond acceptors (Lipinski definition) is 4. The second-order valence-electron chi connectivity index (χ2n) is 16.9. The van der Waals surface area contributed by atoms with Gasteiger partial charge in [0.05, 0.1) is 0 Å². The van der Waals surface area contributed by atoms with E-state index in [9.17, 15) is 10.0 Å². The Morgan fingerprint density at radius 1 is 0.580 bits per heavy atom. The van der Waals surface area contributed by atoms with E-state index in [1.807, 2.05) is 6.08 Å². The van der Waals surface area contributed by atoms with Crippen LogP contribution in [0.2, 0.25) is 0 Å². The van der Waals surface area contributed by atoms with Gasteiger partial charge in [-0.3, -0.25) is 4.79 Å². The lowest BCUT2D eigenvalue weighted by Gasteiger charge is -2.23. The summed E-state index contributed by atoms with van der Waals surface area (Å²) < 4.78 is 0. The molecule has 1 atom stereocenters. The average Bonchev–Trinajstić information content (AvgIpc) is 3.10. The summed E-state index contributed by atoms with van der Waals surface area (Å²) in [6.45, 7) is 17.4. The van der Waals surface area contributed by atoms with Gasteiger partial charge < -0.3 is 10.1 Å². The van der Waals surface area contributed by atoms with Crippen molar-refractivity contribution in [2.45, 2.75) is 234 Å². The Morgan fingerprint density at radius 3 is 1.44 bits per heavy atom. The van der Waals surface area contributed by atoms with E-state index >= 15 is 0 Å². The maximum atomic E-state index is 13.3. The van der Waals surface area contributed by atoms with Gasteiger partial charge in [0, 0.05) is 18.5 Å². The molecule has 0 aliphatic heterocycles. The molecule has 0 aliphatic carbocycles. The van der Waals surface area contributed by atoms with Crippen molar-refractivity contribution < 1.29 is 10.0 Å². The van der Waals surface area contributed by atoms with Gasteiger partial charge in [-0.15, -0.1) is 0 Å². The van der Waals surface area contributed by atoms with Crippen molar-refractivity contribution in [3.63, 3.8) is 0 Å². The fourth-order valence-electron chi connectivity index (χ4n) is 7.50. The van der Waals surface area contributed by atoms with Gasteiger partial charge in [0.2, 0.25) is 0 Å². The molecular weight excluding hydrogens is 613 g/mol. The summed E-state index contributed by atoms with van der Waals surface area (Å²) in [6, 6.07) is 0. The van der Waals surface area contributed by atoms with Crippen LogP contribution in [0.4, 0.5) is 0 Å². The summed E-state index contributed by atoms with van der Waals surface area (Å²) >= 11 is 0. The molecule has 0 aliphatic rings. The molecule has 0 fully saturated rings. The molecule has 0 spiro atoms. The fourth-order valence-corrected chi connectivity index (χ4v) is 7.50. The highest BCUT2D eigenvalue weighted by Gasteiger charge is 2.25. The number of ketones is 1. The van der Waals surface area contributed by atoms with Gasteiger partial charge in [0.1, 0.15) is 0 Å². The van der Waals surface area contributed by atoms with Crippen LogP contribution in [0.15, 0.2) is 12.2 Å². The lowest BCUT2D eigenvalue weighted by atomic mass is 9.81. The van der Waals surface area contributed by atoms with Gasteiger partial charge in [-0.05, 0) is 63.1 Å². The van der Waals surface area contributed by atoms with Crippen molar-refractivity contribution in [2.24, 2.45) is 17.3 Å². The molecule has 0 aromatic carbocycles. The van der Waals surface area contributed by atoms with E-state index < -0.39 is 0 Å². The Balaban J connectivity index is 4.40. The van der Waals surface area contributed by atoms with Crippen molar-refractivity contribution in [1.82, 2.24) is 10.4 Å². The number of allylic oxidation sites excluding steroid dienone is 2. The summed E-state index contributed by atoms with van der Waals surface area (Å²) in [5, 5.41) is 9.18. The highest BCUT2D eigenvalue weighted by Crippen LogP contribution is 2.27. The predicted octanol–water partition coefficient (Wildman–Crippen LogP) is 14.4. The van der Waals surface area contributed by atoms with Crippen molar-refractivity contribution in [3.05, 3.63) is 12.2 Å².